The standard InChI is InChI=1S/C16H22FN5O2S.HI/c1-3-18-16(20-10-15-6-7-21-22-15)19-9-13-8-14(17)5-4-12(13)11-25(2,23)24;/h4-8H,3,9-11H2,1-2H3,(H,21,22)(H2,18,19,20);1H. The van der Waals surface area contributed by atoms with E-state index in [4.69, 9.17) is 0 Å². The number of sulfone groups is 1. The Hall–Kier alpha value is -1.69. The van der Waals surface area contributed by atoms with Crippen LogP contribution in [0.15, 0.2) is 35.5 Å². The first-order valence-electron chi connectivity index (χ1n) is 7.83. The van der Waals surface area contributed by atoms with E-state index in [1.54, 1.807) is 6.20 Å². The molecule has 10 heteroatoms. The van der Waals surface area contributed by atoms with E-state index in [2.05, 4.69) is 25.8 Å². The first kappa shape index (κ1) is 22.4. The summed E-state index contributed by atoms with van der Waals surface area (Å²) < 4.78 is 36.6. The van der Waals surface area contributed by atoms with E-state index in [0.29, 0.717) is 30.2 Å². The van der Waals surface area contributed by atoms with Gasteiger partial charge in [-0.2, -0.15) is 5.10 Å². The van der Waals surface area contributed by atoms with Gasteiger partial charge in [-0.15, -0.1) is 24.0 Å². The summed E-state index contributed by atoms with van der Waals surface area (Å²) in [4.78, 5) is 4.41. The van der Waals surface area contributed by atoms with E-state index in [0.717, 1.165) is 11.9 Å². The second-order valence-corrected chi connectivity index (χ2v) is 7.75. The molecule has 1 heterocycles. The second-order valence-electron chi connectivity index (χ2n) is 5.61. The van der Waals surface area contributed by atoms with Crippen molar-refractivity contribution in [3.63, 3.8) is 0 Å². The first-order chi connectivity index (χ1) is 11.9. The number of aliphatic imine (C=N–C) groups is 1. The van der Waals surface area contributed by atoms with Crippen LogP contribution in [0.3, 0.4) is 0 Å². The largest absolute Gasteiger partial charge is 0.357 e. The average molecular weight is 495 g/mol. The molecular formula is C16H23FIN5O2S. The molecule has 0 radical (unpaired) electrons. The average Bonchev–Trinajstić information content (AvgIpc) is 3.04. The van der Waals surface area contributed by atoms with Crippen molar-refractivity contribution in [3.8, 4) is 0 Å². The van der Waals surface area contributed by atoms with Gasteiger partial charge in [0.15, 0.2) is 15.8 Å². The Morgan fingerprint density at radius 1 is 1.27 bits per heavy atom. The molecule has 1 aromatic heterocycles. The number of nitrogens with zero attached hydrogens (tertiary/aromatic N) is 2. The predicted molar refractivity (Wildman–Crippen MR) is 111 cm³/mol. The van der Waals surface area contributed by atoms with E-state index in [-0.39, 0.29) is 36.3 Å². The highest BCUT2D eigenvalue weighted by molar-refractivity contribution is 14.0. The number of H-pyrrole nitrogens is 1. The number of guanidine groups is 1. The zero-order valence-corrected chi connectivity index (χ0v) is 17.8. The summed E-state index contributed by atoms with van der Waals surface area (Å²) in [6.07, 6.45) is 2.81. The third kappa shape index (κ3) is 7.68. The zero-order chi connectivity index (χ0) is 18.3. The Labute approximate surface area is 169 Å². The highest BCUT2D eigenvalue weighted by Crippen LogP contribution is 2.15. The lowest BCUT2D eigenvalue weighted by molar-refractivity contribution is 0.600. The molecule has 0 saturated carbocycles. The van der Waals surface area contributed by atoms with Crippen molar-refractivity contribution < 1.29 is 12.8 Å². The number of aromatic nitrogens is 2. The van der Waals surface area contributed by atoms with Crippen LogP contribution < -0.4 is 10.6 Å². The zero-order valence-electron chi connectivity index (χ0n) is 14.6. The fourth-order valence-corrected chi connectivity index (χ4v) is 3.08. The molecule has 0 aliphatic rings. The van der Waals surface area contributed by atoms with E-state index in [1.807, 2.05) is 13.0 Å². The Bertz CT molecular complexity index is 825. The monoisotopic (exact) mass is 495 g/mol. The highest BCUT2D eigenvalue weighted by Gasteiger charge is 2.11. The highest BCUT2D eigenvalue weighted by atomic mass is 127. The number of aromatic amines is 1. The minimum absolute atomic E-state index is 0. The van der Waals surface area contributed by atoms with Crippen molar-refractivity contribution in [1.82, 2.24) is 20.8 Å². The number of rotatable bonds is 7. The van der Waals surface area contributed by atoms with Gasteiger partial charge < -0.3 is 10.6 Å². The molecule has 2 aromatic rings. The van der Waals surface area contributed by atoms with Crippen molar-refractivity contribution in [1.29, 1.82) is 0 Å². The molecule has 0 aliphatic carbocycles. The van der Waals surface area contributed by atoms with Gasteiger partial charge >= 0.3 is 0 Å². The molecule has 1 aromatic carbocycles. The Kier molecular flexibility index (Phi) is 8.99. The molecule has 0 fully saturated rings. The molecule has 144 valence electrons. The van der Waals surface area contributed by atoms with E-state index < -0.39 is 15.7 Å². The molecule has 2 rings (SSSR count). The van der Waals surface area contributed by atoms with E-state index in [9.17, 15) is 12.8 Å². The van der Waals surface area contributed by atoms with Crippen LogP contribution in [0.5, 0.6) is 0 Å². The van der Waals surface area contributed by atoms with Crippen LogP contribution in [-0.4, -0.2) is 37.4 Å². The van der Waals surface area contributed by atoms with Crippen LogP contribution in [0.2, 0.25) is 0 Å². The maximum atomic E-state index is 13.5. The number of hydrogen-bond donors (Lipinski definition) is 3. The summed E-state index contributed by atoms with van der Waals surface area (Å²) in [5.41, 5.74) is 2.00. The van der Waals surface area contributed by atoms with Crippen molar-refractivity contribution in [3.05, 3.63) is 53.1 Å². The molecule has 0 atom stereocenters. The maximum Gasteiger partial charge on any atom is 0.191 e. The van der Waals surface area contributed by atoms with Crippen molar-refractivity contribution in [2.75, 3.05) is 12.8 Å². The first-order valence-corrected chi connectivity index (χ1v) is 9.89. The molecule has 3 N–H and O–H groups in total. The number of hydrogen-bond acceptors (Lipinski definition) is 4. The molecule has 0 bridgehead atoms. The summed E-state index contributed by atoms with van der Waals surface area (Å²) in [7, 11) is -3.21. The Morgan fingerprint density at radius 2 is 2.04 bits per heavy atom. The van der Waals surface area contributed by atoms with Gasteiger partial charge in [0, 0.05) is 19.0 Å². The minimum Gasteiger partial charge on any atom is -0.357 e. The quantitative estimate of drug-likeness (QED) is 0.310. The van der Waals surface area contributed by atoms with Gasteiger partial charge in [0.1, 0.15) is 5.82 Å². The number of nitrogens with one attached hydrogen (secondary N) is 3. The van der Waals surface area contributed by atoms with E-state index in [1.165, 1.54) is 18.2 Å². The second kappa shape index (κ2) is 10.5. The minimum atomic E-state index is -3.21. The molecular weight excluding hydrogens is 472 g/mol. The summed E-state index contributed by atoms with van der Waals surface area (Å²) in [5.74, 6) is -0.0134. The summed E-state index contributed by atoms with van der Waals surface area (Å²) in [6.45, 7) is 3.27. The smallest absolute Gasteiger partial charge is 0.191 e. The fraction of sp³-hybridized carbons (Fsp3) is 0.375. The SMILES string of the molecule is CCNC(=NCc1cc(F)ccc1CS(C)(=O)=O)NCc1ccn[nH]1.I. The van der Waals surface area contributed by atoms with Crippen LogP contribution in [0.25, 0.3) is 0 Å². The van der Waals surface area contributed by atoms with Gasteiger partial charge in [-0.25, -0.2) is 17.8 Å². The lowest BCUT2D eigenvalue weighted by atomic mass is 10.1. The van der Waals surface area contributed by atoms with Crippen LogP contribution in [0, 0.1) is 5.82 Å². The third-order valence-electron chi connectivity index (χ3n) is 3.34. The van der Waals surface area contributed by atoms with Crippen molar-refractivity contribution >= 4 is 39.8 Å². The molecule has 0 saturated heterocycles. The summed E-state index contributed by atoms with van der Waals surface area (Å²) >= 11 is 0. The summed E-state index contributed by atoms with van der Waals surface area (Å²) in [5, 5.41) is 12.9. The van der Waals surface area contributed by atoms with Gasteiger partial charge in [-0.3, -0.25) is 5.10 Å². The van der Waals surface area contributed by atoms with Crippen LogP contribution in [0.4, 0.5) is 4.39 Å². The van der Waals surface area contributed by atoms with Crippen LogP contribution >= 0.6 is 24.0 Å². The molecule has 0 aliphatic heterocycles. The molecule has 26 heavy (non-hydrogen) atoms. The predicted octanol–water partition coefficient (Wildman–Crippen LogP) is 1.97. The maximum absolute atomic E-state index is 13.5. The topological polar surface area (TPSA) is 99.2 Å². The number of halogens is 2. The Balaban J connectivity index is 0.00000338. The van der Waals surface area contributed by atoms with Gasteiger partial charge in [0.05, 0.1) is 24.5 Å². The van der Waals surface area contributed by atoms with Crippen molar-refractivity contribution in [2.45, 2.75) is 25.8 Å². The normalized spacial score (nSPS) is 11.7. The molecule has 0 unspecified atom stereocenters. The lowest BCUT2D eigenvalue weighted by Crippen LogP contribution is -2.36. The van der Waals surface area contributed by atoms with E-state index >= 15 is 0 Å². The Morgan fingerprint density at radius 3 is 2.65 bits per heavy atom. The third-order valence-corrected chi connectivity index (χ3v) is 4.18. The van der Waals surface area contributed by atoms with Crippen LogP contribution in [-0.2, 0) is 28.7 Å². The van der Waals surface area contributed by atoms with Crippen LogP contribution in [0.1, 0.15) is 23.7 Å². The van der Waals surface area contributed by atoms with Crippen molar-refractivity contribution in [2.24, 2.45) is 4.99 Å². The molecule has 0 spiro atoms. The lowest BCUT2D eigenvalue weighted by Gasteiger charge is -2.12. The van der Waals surface area contributed by atoms with Gasteiger partial charge in [-0.05, 0) is 36.2 Å². The fourth-order valence-electron chi connectivity index (χ4n) is 2.23. The molecule has 0 amide bonds. The van der Waals surface area contributed by atoms with Gasteiger partial charge in [-0.1, -0.05) is 6.07 Å². The number of benzene rings is 1. The summed E-state index contributed by atoms with van der Waals surface area (Å²) in [6, 6.07) is 5.91. The van der Waals surface area contributed by atoms with Gasteiger partial charge in [0.2, 0.25) is 0 Å². The van der Waals surface area contributed by atoms with Gasteiger partial charge in [0.25, 0.3) is 0 Å². The molecule has 7 nitrogen and oxygen atoms in total.